The van der Waals surface area contributed by atoms with E-state index in [4.69, 9.17) is 0 Å². The van der Waals surface area contributed by atoms with Crippen molar-refractivity contribution >= 4 is 17.3 Å². The summed E-state index contributed by atoms with van der Waals surface area (Å²) in [6.45, 7) is 7.59. The summed E-state index contributed by atoms with van der Waals surface area (Å²) in [5.41, 5.74) is 2.05. The van der Waals surface area contributed by atoms with Crippen molar-refractivity contribution in [3.05, 3.63) is 54.1 Å². The van der Waals surface area contributed by atoms with Gasteiger partial charge in [-0.05, 0) is 30.5 Å². The molecule has 0 unspecified atom stereocenters. The maximum absolute atomic E-state index is 14.0. The molecule has 0 aliphatic carbocycles. The van der Waals surface area contributed by atoms with Gasteiger partial charge in [0.2, 0.25) is 0 Å². The molecule has 27 heavy (non-hydrogen) atoms. The molecular formula is C21H27FN4O. The maximum atomic E-state index is 14.0. The highest BCUT2D eigenvalue weighted by Crippen LogP contribution is 2.21. The number of nitrogens with one attached hydrogen (secondary N) is 1. The van der Waals surface area contributed by atoms with E-state index >= 15 is 0 Å². The minimum Gasteiger partial charge on any atom is -0.384 e. The molecule has 1 aliphatic heterocycles. The minimum absolute atomic E-state index is 0.0248. The average molecular weight is 370 g/mol. The lowest BCUT2D eigenvalue weighted by Gasteiger charge is -2.36. The molecule has 0 radical (unpaired) electrons. The Hall–Kier alpha value is -2.63. The predicted molar refractivity (Wildman–Crippen MR) is 107 cm³/mol. The van der Waals surface area contributed by atoms with Crippen LogP contribution >= 0.6 is 0 Å². The number of aromatic nitrogens is 1. The summed E-state index contributed by atoms with van der Waals surface area (Å²) in [5.74, 6) is 0.380. The van der Waals surface area contributed by atoms with Crippen LogP contribution < -0.4 is 10.2 Å². The number of para-hydroxylation sites is 1. The van der Waals surface area contributed by atoms with E-state index in [-0.39, 0.29) is 11.7 Å². The first-order valence-electron chi connectivity index (χ1n) is 9.52. The Kier molecular flexibility index (Phi) is 6.27. The smallest absolute Gasteiger partial charge is 0.255 e. The van der Waals surface area contributed by atoms with E-state index in [0.29, 0.717) is 43.3 Å². The Balaban J connectivity index is 1.58. The van der Waals surface area contributed by atoms with Crippen molar-refractivity contribution in [3.63, 3.8) is 0 Å². The largest absolute Gasteiger partial charge is 0.384 e. The first-order valence-corrected chi connectivity index (χ1v) is 9.52. The van der Waals surface area contributed by atoms with Gasteiger partial charge in [0.1, 0.15) is 5.82 Å². The Bertz CT molecular complexity index is 772. The quantitative estimate of drug-likeness (QED) is 0.843. The summed E-state index contributed by atoms with van der Waals surface area (Å²) >= 11 is 0. The van der Waals surface area contributed by atoms with Crippen LogP contribution in [-0.2, 0) is 0 Å². The van der Waals surface area contributed by atoms with Crippen molar-refractivity contribution < 1.29 is 9.18 Å². The lowest BCUT2D eigenvalue weighted by atomic mass is 10.1. The van der Waals surface area contributed by atoms with Gasteiger partial charge in [-0.15, -0.1) is 0 Å². The molecule has 0 saturated carbocycles. The maximum Gasteiger partial charge on any atom is 0.255 e. The van der Waals surface area contributed by atoms with Gasteiger partial charge in [0.05, 0.1) is 16.9 Å². The molecule has 0 spiro atoms. The summed E-state index contributed by atoms with van der Waals surface area (Å²) < 4.78 is 14.0. The summed E-state index contributed by atoms with van der Waals surface area (Å²) in [4.78, 5) is 20.8. The van der Waals surface area contributed by atoms with Gasteiger partial charge >= 0.3 is 0 Å². The van der Waals surface area contributed by atoms with Crippen LogP contribution in [0.4, 0.5) is 15.8 Å². The molecule has 0 bridgehead atoms. The molecule has 1 amide bonds. The van der Waals surface area contributed by atoms with Crippen LogP contribution in [0.2, 0.25) is 0 Å². The highest BCUT2D eigenvalue weighted by Gasteiger charge is 2.23. The zero-order chi connectivity index (χ0) is 19.2. The Morgan fingerprint density at radius 2 is 1.93 bits per heavy atom. The normalized spacial score (nSPS) is 14.5. The van der Waals surface area contributed by atoms with Crippen molar-refractivity contribution in [1.82, 2.24) is 9.88 Å². The van der Waals surface area contributed by atoms with Crippen LogP contribution in [0, 0.1) is 11.7 Å². The van der Waals surface area contributed by atoms with Crippen molar-refractivity contribution in [3.8, 4) is 0 Å². The van der Waals surface area contributed by atoms with Crippen LogP contribution in [0.15, 0.2) is 42.7 Å². The molecule has 144 valence electrons. The summed E-state index contributed by atoms with van der Waals surface area (Å²) in [6, 6.07) is 8.63. The van der Waals surface area contributed by atoms with Crippen molar-refractivity contribution in [2.24, 2.45) is 5.92 Å². The molecule has 0 atom stereocenters. The fourth-order valence-electron chi connectivity index (χ4n) is 3.20. The molecule has 2 heterocycles. The highest BCUT2D eigenvalue weighted by atomic mass is 19.1. The van der Waals surface area contributed by atoms with Gasteiger partial charge in [-0.3, -0.25) is 9.78 Å². The van der Waals surface area contributed by atoms with Crippen LogP contribution in [0.1, 0.15) is 30.6 Å². The van der Waals surface area contributed by atoms with Gasteiger partial charge in [0.15, 0.2) is 0 Å². The number of hydrogen-bond acceptors (Lipinski definition) is 4. The van der Waals surface area contributed by atoms with Gasteiger partial charge in [0.25, 0.3) is 5.91 Å². The SMILES string of the molecule is CC(C)CCNc1cncc(C(=O)N2CCN(c3ccccc3F)CC2)c1. The number of pyridine rings is 1. The first-order chi connectivity index (χ1) is 13.0. The van der Waals surface area contributed by atoms with Crippen molar-refractivity contribution in [2.75, 3.05) is 42.9 Å². The topological polar surface area (TPSA) is 48.5 Å². The van der Waals surface area contributed by atoms with Gasteiger partial charge < -0.3 is 15.1 Å². The molecule has 1 fully saturated rings. The van der Waals surface area contributed by atoms with Crippen LogP contribution in [-0.4, -0.2) is 48.5 Å². The summed E-state index contributed by atoms with van der Waals surface area (Å²) in [5, 5.41) is 3.33. The third-order valence-corrected chi connectivity index (χ3v) is 4.80. The number of benzene rings is 1. The molecule has 6 heteroatoms. The van der Waals surface area contributed by atoms with Crippen LogP contribution in [0.3, 0.4) is 0 Å². The van der Waals surface area contributed by atoms with E-state index in [0.717, 1.165) is 18.7 Å². The Morgan fingerprint density at radius 3 is 2.63 bits per heavy atom. The number of nitrogens with zero attached hydrogens (tertiary/aromatic N) is 3. The highest BCUT2D eigenvalue weighted by molar-refractivity contribution is 5.95. The zero-order valence-electron chi connectivity index (χ0n) is 16.0. The minimum atomic E-state index is -0.221. The summed E-state index contributed by atoms with van der Waals surface area (Å²) in [6.07, 6.45) is 4.42. The molecule has 3 rings (SSSR count). The van der Waals surface area contributed by atoms with Gasteiger partial charge in [-0.1, -0.05) is 26.0 Å². The lowest BCUT2D eigenvalue weighted by Crippen LogP contribution is -2.49. The van der Waals surface area contributed by atoms with Gasteiger partial charge in [-0.25, -0.2) is 4.39 Å². The Labute approximate surface area is 160 Å². The number of amides is 1. The van der Waals surface area contributed by atoms with Gasteiger partial charge in [-0.2, -0.15) is 0 Å². The molecule has 2 aromatic rings. The van der Waals surface area contributed by atoms with E-state index in [1.165, 1.54) is 6.07 Å². The number of carbonyl (C=O) groups excluding carboxylic acids is 1. The van der Waals surface area contributed by atoms with E-state index in [9.17, 15) is 9.18 Å². The number of anilines is 2. The van der Waals surface area contributed by atoms with Gasteiger partial charge in [0, 0.05) is 45.1 Å². The second kappa shape index (κ2) is 8.84. The third-order valence-electron chi connectivity index (χ3n) is 4.80. The molecule has 1 N–H and O–H groups in total. The molecular weight excluding hydrogens is 343 g/mol. The van der Waals surface area contributed by atoms with E-state index in [1.54, 1.807) is 24.5 Å². The number of piperazine rings is 1. The van der Waals surface area contributed by atoms with E-state index < -0.39 is 0 Å². The summed E-state index contributed by atoms with van der Waals surface area (Å²) in [7, 11) is 0. The molecule has 1 aliphatic rings. The monoisotopic (exact) mass is 370 g/mol. The number of halogens is 1. The van der Waals surface area contributed by atoms with E-state index in [2.05, 4.69) is 24.1 Å². The number of rotatable bonds is 6. The Morgan fingerprint density at radius 1 is 1.19 bits per heavy atom. The molecule has 1 aromatic heterocycles. The zero-order valence-corrected chi connectivity index (χ0v) is 16.0. The molecule has 5 nitrogen and oxygen atoms in total. The molecule has 1 aromatic carbocycles. The van der Waals surface area contributed by atoms with E-state index in [1.807, 2.05) is 21.9 Å². The number of hydrogen-bond donors (Lipinski definition) is 1. The lowest BCUT2D eigenvalue weighted by molar-refractivity contribution is 0.0746. The fraction of sp³-hybridized carbons (Fsp3) is 0.429. The predicted octanol–water partition coefficient (Wildman–Crippen LogP) is 3.64. The van der Waals surface area contributed by atoms with Crippen molar-refractivity contribution in [1.29, 1.82) is 0 Å². The standard InChI is InChI=1S/C21H27FN4O/c1-16(2)7-8-24-18-13-17(14-23-15-18)21(27)26-11-9-25(10-12-26)20-6-4-3-5-19(20)22/h3-6,13-16,24H,7-12H2,1-2H3. The fourth-order valence-corrected chi connectivity index (χ4v) is 3.20. The second-order valence-electron chi connectivity index (χ2n) is 7.30. The molecule has 1 saturated heterocycles. The third kappa shape index (κ3) is 4.96. The number of carbonyl (C=O) groups is 1. The first kappa shape index (κ1) is 19.1. The average Bonchev–Trinajstić information content (AvgIpc) is 2.68. The second-order valence-corrected chi connectivity index (χ2v) is 7.30. The van der Waals surface area contributed by atoms with Crippen LogP contribution in [0.5, 0.6) is 0 Å². The van der Waals surface area contributed by atoms with Crippen LogP contribution in [0.25, 0.3) is 0 Å². The van der Waals surface area contributed by atoms with Crippen molar-refractivity contribution in [2.45, 2.75) is 20.3 Å².